The van der Waals surface area contributed by atoms with Crippen molar-refractivity contribution in [1.82, 2.24) is 24.6 Å². The number of para-hydroxylation sites is 1. The van der Waals surface area contributed by atoms with Crippen LogP contribution in [0.1, 0.15) is 53.3 Å². The standard InChI is InChI=1S/C29H42N6O4S.C4H8.C2H6/c1-5-6-11-24(20-31-4)22(2)21-40(36,37)32-14-9-16-38-18-19-39-17-10-15-35-23(3)33-27-28(35)25-12-7-8-13-26(25)34-29(27)30;1-3-4-2;1-2/h5-8,11-13,20,22,31-32H,1,9-10,14-19,21H2,2-4H3,(H2,30,34);3-4H,1-2H3;1-2H3/b11-6-,24-20+;4-3-;. The third-order valence-corrected chi connectivity index (χ3v) is 8.32. The van der Waals surface area contributed by atoms with Crippen LogP contribution in [0.2, 0.25) is 0 Å². The zero-order chi connectivity index (χ0) is 34.4. The van der Waals surface area contributed by atoms with Gasteiger partial charge in [-0.15, -0.1) is 0 Å². The Morgan fingerprint density at radius 1 is 1.07 bits per heavy atom. The maximum atomic E-state index is 12.4. The highest BCUT2D eigenvalue weighted by atomic mass is 32.2. The molecule has 0 amide bonds. The highest BCUT2D eigenvalue weighted by molar-refractivity contribution is 7.89. The molecule has 1 aromatic carbocycles. The van der Waals surface area contributed by atoms with Crippen LogP contribution >= 0.6 is 0 Å². The molecular weight excluding hydrogens is 600 g/mol. The molecule has 10 nitrogen and oxygen atoms in total. The highest BCUT2D eigenvalue weighted by Gasteiger charge is 2.17. The Balaban J connectivity index is 0.00000163. The number of ether oxygens (including phenoxy) is 2. The SMILES string of the molecule is C/C=C\C.C=C/C=C\C(=C/NC)C(C)CS(=O)(=O)NCCCOCCOCCCn1c(C)nc2c(N)nc3ccccc3c21.CC. The van der Waals surface area contributed by atoms with E-state index in [1.54, 1.807) is 25.4 Å². The Hall–Kier alpha value is -3.51. The summed E-state index contributed by atoms with van der Waals surface area (Å²) in [5.74, 6) is 1.18. The molecule has 4 N–H and O–H groups in total. The average molecular weight is 657 g/mol. The summed E-state index contributed by atoms with van der Waals surface area (Å²) < 4.78 is 41.1. The number of hydrogen-bond donors (Lipinski definition) is 3. The molecule has 3 aromatic rings. The van der Waals surface area contributed by atoms with Crippen molar-refractivity contribution in [2.24, 2.45) is 5.92 Å². The fraction of sp³-hybridized carbons (Fsp3) is 0.486. The van der Waals surface area contributed by atoms with Gasteiger partial charge in [0.15, 0.2) is 5.82 Å². The molecule has 256 valence electrons. The molecule has 0 bridgehead atoms. The first-order chi connectivity index (χ1) is 22.2. The lowest BCUT2D eigenvalue weighted by atomic mass is 10.0. The summed E-state index contributed by atoms with van der Waals surface area (Å²) >= 11 is 0. The van der Waals surface area contributed by atoms with Crippen LogP contribution in [0.4, 0.5) is 5.82 Å². The monoisotopic (exact) mass is 656 g/mol. The molecule has 0 spiro atoms. The summed E-state index contributed by atoms with van der Waals surface area (Å²) in [5, 5.41) is 3.99. The van der Waals surface area contributed by atoms with E-state index < -0.39 is 10.0 Å². The fourth-order valence-electron chi connectivity index (χ4n) is 4.48. The van der Waals surface area contributed by atoms with Crippen LogP contribution in [0.5, 0.6) is 0 Å². The van der Waals surface area contributed by atoms with E-state index in [0.717, 1.165) is 46.3 Å². The van der Waals surface area contributed by atoms with Crippen molar-refractivity contribution in [2.45, 2.75) is 60.9 Å². The lowest BCUT2D eigenvalue weighted by Crippen LogP contribution is -2.31. The van der Waals surface area contributed by atoms with Crippen molar-refractivity contribution >= 4 is 37.8 Å². The average Bonchev–Trinajstić information content (AvgIpc) is 3.39. The molecule has 11 heteroatoms. The van der Waals surface area contributed by atoms with Gasteiger partial charge in [-0.05, 0) is 57.4 Å². The highest BCUT2D eigenvalue weighted by Crippen LogP contribution is 2.28. The van der Waals surface area contributed by atoms with Crippen molar-refractivity contribution in [3.63, 3.8) is 0 Å². The number of aromatic nitrogens is 3. The zero-order valence-corrected chi connectivity index (χ0v) is 29.7. The number of anilines is 1. The number of pyridine rings is 1. The second-order valence-electron chi connectivity index (χ2n) is 10.2. The van der Waals surface area contributed by atoms with Gasteiger partial charge in [0.1, 0.15) is 11.3 Å². The number of nitrogens with two attached hydrogens (primary N) is 1. The summed E-state index contributed by atoms with van der Waals surface area (Å²) in [7, 11) is -1.62. The van der Waals surface area contributed by atoms with Crippen LogP contribution in [0, 0.1) is 12.8 Å². The van der Waals surface area contributed by atoms with Crippen LogP contribution in [0.15, 0.2) is 73.0 Å². The molecule has 0 aliphatic carbocycles. The Morgan fingerprint density at radius 2 is 1.72 bits per heavy atom. The van der Waals surface area contributed by atoms with Gasteiger partial charge in [0.2, 0.25) is 10.0 Å². The lowest BCUT2D eigenvalue weighted by molar-refractivity contribution is 0.0454. The van der Waals surface area contributed by atoms with Crippen molar-refractivity contribution < 1.29 is 17.9 Å². The van der Waals surface area contributed by atoms with Gasteiger partial charge in [0.25, 0.3) is 0 Å². The smallest absolute Gasteiger partial charge is 0.212 e. The predicted octanol–water partition coefficient (Wildman–Crippen LogP) is 6.30. The molecule has 0 radical (unpaired) electrons. The molecule has 2 heterocycles. The quantitative estimate of drug-likeness (QED) is 0.0826. The van der Waals surface area contributed by atoms with Gasteiger partial charge >= 0.3 is 0 Å². The number of imidazole rings is 1. The molecule has 0 fully saturated rings. The van der Waals surface area contributed by atoms with Crippen LogP contribution in [0.25, 0.3) is 21.9 Å². The summed E-state index contributed by atoms with van der Waals surface area (Å²) in [6.07, 6.45) is 12.5. The van der Waals surface area contributed by atoms with Crippen LogP contribution in [0.3, 0.4) is 0 Å². The summed E-state index contributed by atoms with van der Waals surface area (Å²) in [5.41, 5.74) is 9.65. The van der Waals surface area contributed by atoms with Gasteiger partial charge in [-0.25, -0.2) is 23.1 Å². The number of benzene rings is 1. The van der Waals surface area contributed by atoms with Crippen molar-refractivity contribution in [3.8, 4) is 0 Å². The minimum Gasteiger partial charge on any atom is -0.394 e. The number of nitrogen functional groups attached to an aromatic ring is 1. The lowest BCUT2D eigenvalue weighted by Gasteiger charge is -2.14. The van der Waals surface area contributed by atoms with Crippen molar-refractivity contribution in [3.05, 3.63) is 78.8 Å². The first-order valence-corrected chi connectivity index (χ1v) is 17.7. The number of nitrogens with one attached hydrogen (secondary N) is 2. The second-order valence-corrected chi connectivity index (χ2v) is 12.1. The number of sulfonamides is 1. The van der Waals surface area contributed by atoms with E-state index in [2.05, 4.69) is 31.2 Å². The first kappa shape index (κ1) is 40.5. The van der Waals surface area contributed by atoms with Crippen LogP contribution in [-0.4, -0.2) is 68.7 Å². The van der Waals surface area contributed by atoms with E-state index in [0.29, 0.717) is 45.2 Å². The van der Waals surface area contributed by atoms with Crippen LogP contribution < -0.4 is 15.8 Å². The Morgan fingerprint density at radius 3 is 2.35 bits per heavy atom. The molecule has 46 heavy (non-hydrogen) atoms. The third kappa shape index (κ3) is 13.9. The maximum absolute atomic E-state index is 12.4. The Kier molecular flexibility index (Phi) is 20.2. The van der Waals surface area contributed by atoms with E-state index >= 15 is 0 Å². The second kappa shape index (κ2) is 22.9. The Bertz CT molecular complexity index is 1510. The largest absolute Gasteiger partial charge is 0.394 e. The van der Waals surface area contributed by atoms with E-state index in [1.807, 2.05) is 84.0 Å². The molecule has 3 rings (SSSR count). The minimum atomic E-state index is -3.40. The van der Waals surface area contributed by atoms with Gasteiger partial charge in [0.05, 0.1) is 30.0 Å². The molecule has 1 unspecified atom stereocenters. The molecule has 2 aromatic heterocycles. The normalized spacial score (nSPS) is 12.6. The number of hydrogen-bond acceptors (Lipinski definition) is 8. The summed E-state index contributed by atoms with van der Waals surface area (Å²) in [6.45, 7) is 18.6. The third-order valence-electron chi connectivity index (χ3n) is 6.74. The molecule has 0 saturated heterocycles. The first-order valence-electron chi connectivity index (χ1n) is 16.1. The van der Waals surface area contributed by atoms with E-state index in [1.165, 1.54) is 0 Å². The van der Waals surface area contributed by atoms with Gasteiger partial charge in [-0.3, -0.25) is 0 Å². The number of fused-ring (bicyclic) bond motifs is 3. The maximum Gasteiger partial charge on any atom is 0.212 e. The van der Waals surface area contributed by atoms with Crippen molar-refractivity contribution in [1.29, 1.82) is 0 Å². The molecule has 0 aliphatic heterocycles. The summed E-state index contributed by atoms with van der Waals surface area (Å²) in [4.78, 5) is 9.12. The van der Waals surface area contributed by atoms with E-state index in [-0.39, 0.29) is 11.7 Å². The number of allylic oxidation sites excluding steroid dienone is 6. The number of rotatable bonds is 18. The number of aryl methyl sites for hydroxylation is 2. The van der Waals surface area contributed by atoms with Gasteiger partial charge in [-0.1, -0.05) is 75.9 Å². The van der Waals surface area contributed by atoms with Crippen LogP contribution in [-0.2, 0) is 26.0 Å². The number of nitrogens with zero attached hydrogens (tertiary/aromatic N) is 3. The van der Waals surface area contributed by atoms with E-state index in [4.69, 9.17) is 15.2 Å². The minimum absolute atomic E-state index is 0.00554. The molecule has 1 atom stereocenters. The van der Waals surface area contributed by atoms with Gasteiger partial charge < -0.3 is 25.1 Å². The topological polar surface area (TPSA) is 133 Å². The fourth-order valence-corrected chi connectivity index (χ4v) is 5.90. The van der Waals surface area contributed by atoms with Crippen molar-refractivity contribution in [2.75, 3.05) is 51.5 Å². The zero-order valence-electron chi connectivity index (χ0n) is 28.9. The molecular formula is C35H56N6O4S. The van der Waals surface area contributed by atoms with Gasteiger partial charge in [-0.2, -0.15) is 0 Å². The van der Waals surface area contributed by atoms with E-state index in [9.17, 15) is 8.42 Å². The predicted molar refractivity (Wildman–Crippen MR) is 194 cm³/mol. The Labute approximate surface area is 276 Å². The summed E-state index contributed by atoms with van der Waals surface area (Å²) in [6, 6.07) is 7.95. The van der Waals surface area contributed by atoms with Gasteiger partial charge in [0, 0.05) is 38.7 Å². The molecule has 0 aliphatic rings. The molecule has 0 saturated carbocycles.